The number of hydrogen-bond acceptors (Lipinski definition) is 3. The van der Waals surface area contributed by atoms with E-state index in [0.717, 1.165) is 15.7 Å². The molecule has 1 N–H and O–H groups in total. The van der Waals surface area contributed by atoms with Crippen LogP contribution in [-0.4, -0.2) is 28.6 Å². The number of hydrogen-bond donors (Lipinski definition) is 1. The molecule has 20 heavy (non-hydrogen) atoms. The monoisotopic (exact) mass is 338 g/mol. The molecule has 1 heterocycles. The second kappa shape index (κ2) is 6.52. The van der Waals surface area contributed by atoms with Gasteiger partial charge in [0.15, 0.2) is 0 Å². The van der Waals surface area contributed by atoms with Gasteiger partial charge in [-0.2, -0.15) is 5.10 Å². The van der Waals surface area contributed by atoms with Crippen LogP contribution >= 0.6 is 15.9 Å². The average Bonchev–Trinajstić information content (AvgIpc) is 2.80. The van der Waals surface area contributed by atoms with Crippen molar-refractivity contribution in [2.75, 3.05) is 13.7 Å². The first-order valence-electron chi connectivity index (χ1n) is 6.50. The number of ether oxygens (including phenoxy) is 1. The van der Waals surface area contributed by atoms with Gasteiger partial charge in [0, 0.05) is 7.11 Å². The zero-order valence-electron chi connectivity index (χ0n) is 11.9. The van der Waals surface area contributed by atoms with E-state index in [1.165, 1.54) is 11.1 Å². The highest BCUT2D eigenvalue weighted by Gasteiger charge is 2.19. The highest BCUT2D eigenvalue weighted by Crippen LogP contribution is 2.29. The summed E-state index contributed by atoms with van der Waals surface area (Å²) in [5, 5.41) is 14.9. The highest BCUT2D eigenvalue weighted by atomic mass is 79.9. The summed E-state index contributed by atoms with van der Waals surface area (Å²) >= 11 is 3.46. The Hall–Kier alpha value is -1.17. The van der Waals surface area contributed by atoms with Crippen molar-refractivity contribution in [2.24, 2.45) is 0 Å². The van der Waals surface area contributed by atoms with Crippen LogP contribution in [0.3, 0.4) is 0 Å². The second-order valence-electron chi connectivity index (χ2n) is 4.84. The molecule has 0 fully saturated rings. The molecule has 4 nitrogen and oxygen atoms in total. The fraction of sp³-hybridized carbons (Fsp3) is 0.400. The highest BCUT2D eigenvalue weighted by molar-refractivity contribution is 9.10. The van der Waals surface area contributed by atoms with Crippen LogP contribution in [0.1, 0.15) is 28.5 Å². The standard InChI is InChI=1S/C15H19BrN2O2/c1-10-4-5-12(8-11(10)2)15(19)14-13(16)9-17-18(14)6-7-20-3/h4-5,8-9,15,19H,6-7H2,1-3H3. The molecule has 2 rings (SSSR count). The number of methoxy groups -OCH3 is 1. The SMILES string of the molecule is COCCn1ncc(Br)c1C(O)c1ccc(C)c(C)c1. The predicted molar refractivity (Wildman–Crippen MR) is 81.8 cm³/mol. The molecule has 0 saturated heterocycles. The maximum Gasteiger partial charge on any atom is 0.122 e. The number of aliphatic hydroxyl groups is 1. The Kier molecular flexibility index (Phi) is 4.96. The van der Waals surface area contributed by atoms with Gasteiger partial charge in [0.05, 0.1) is 29.5 Å². The molecule has 108 valence electrons. The summed E-state index contributed by atoms with van der Waals surface area (Å²) in [7, 11) is 1.65. The van der Waals surface area contributed by atoms with Crippen LogP contribution in [0.5, 0.6) is 0 Å². The summed E-state index contributed by atoms with van der Waals surface area (Å²) < 4.78 is 7.65. The lowest BCUT2D eigenvalue weighted by Gasteiger charge is -2.15. The van der Waals surface area contributed by atoms with Gasteiger partial charge in [0.25, 0.3) is 0 Å². The molecule has 1 aromatic heterocycles. The van der Waals surface area contributed by atoms with Crippen molar-refractivity contribution in [3.63, 3.8) is 0 Å². The predicted octanol–water partition coefficient (Wildman–Crippen LogP) is 2.99. The summed E-state index contributed by atoms with van der Waals surface area (Å²) in [5.41, 5.74) is 4.01. The van der Waals surface area contributed by atoms with E-state index in [1.54, 1.807) is 18.0 Å². The minimum Gasteiger partial charge on any atom is -0.383 e. The van der Waals surface area contributed by atoms with Crippen LogP contribution in [0, 0.1) is 13.8 Å². The Morgan fingerprint density at radius 3 is 2.75 bits per heavy atom. The Balaban J connectivity index is 2.34. The van der Waals surface area contributed by atoms with Crippen molar-refractivity contribution in [1.82, 2.24) is 9.78 Å². The summed E-state index contributed by atoms with van der Waals surface area (Å²) in [6, 6.07) is 5.99. The number of nitrogens with zero attached hydrogens (tertiary/aromatic N) is 2. The maximum absolute atomic E-state index is 10.6. The van der Waals surface area contributed by atoms with Crippen LogP contribution in [0.2, 0.25) is 0 Å². The molecule has 0 amide bonds. The zero-order chi connectivity index (χ0) is 14.7. The summed E-state index contributed by atoms with van der Waals surface area (Å²) in [5.74, 6) is 0. The molecule has 0 saturated carbocycles. The van der Waals surface area contributed by atoms with Crippen LogP contribution in [-0.2, 0) is 11.3 Å². The van der Waals surface area contributed by atoms with Crippen molar-refractivity contribution in [3.8, 4) is 0 Å². The molecule has 2 aromatic rings. The van der Waals surface area contributed by atoms with Gasteiger partial charge in [0.1, 0.15) is 6.10 Å². The third-order valence-electron chi connectivity index (χ3n) is 3.45. The minimum absolute atomic E-state index is 0.556. The lowest BCUT2D eigenvalue weighted by Crippen LogP contribution is -2.13. The minimum atomic E-state index is -0.706. The van der Waals surface area contributed by atoms with E-state index in [-0.39, 0.29) is 0 Å². The topological polar surface area (TPSA) is 47.3 Å². The van der Waals surface area contributed by atoms with Crippen LogP contribution in [0.4, 0.5) is 0 Å². The van der Waals surface area contributed by atoms with Gasteiger partial charge in [-0.15, -0.1) is 0 Å². The fourth-order valence-corrected chi connectivity index (χ4v) is 2.61. The van der Waals surface area contributed by atoms with Crippen molar-refractivity contribution in [2.45, 2.75) is 26.5 Å². The van der Waals surface area contributed by atoms with Gasteiger partial charge >= 0.3 is 0 Å². The Bertz CT molecular complexity index is 596. The molecular weight excluding hydrogens is 320 g/mol. The van der Waals surface area contributed by atoms with Gasteiger partial charge in [-0.25, -0.2) is 0 Å². The molecule has 0 radical (unpaired) electrons. The molecule has 1 unspecified atom stereocenters. The van der Waals surface area contributed by atoms with E-state index >= 15 is 0 Å². The van der Waals surface area contributed by atoms with E-state index in [1.807, 2.05) is 25.1 Å². The molecule has 0 aliphatic rings. The van der Waals surface area contributed by atoms with Crippen LogP contribution < -0.4 is 0 Å². The number of benzene rings is 1. The van der Waals surface area contributed by atoms with Crippen molar-refractivity contribution < 1.29 is 9.84 Å². The number of aromatic nitrogens is 2. The first-order valence-corrected chi connectivity index (χ1v) is 7.29. The number of halogens is 1. The summed E-state index contributed by atoms with van der Waals surface area (Å²) in [4.78, 5) is 0. The van der Waals surface area contributed by atoms with Crippen molar-refractivity contribution in [1.29, 1.82) is 0 Å². The van der Waals surface area contributed by atoms with Crippen LogP contribution in [0.15, 0.2) is 28.9 Å². The third kappa shape index (κ3) is 3.11. The Morgan fingerprint density at radius 2 is 2.10 bits per heavy atom. The van der Waals surface area contributed by atoms with Gasteiger partial charge in [-0.1, -0.05) is 18.2 Å². The maximum atomic E-state index is 10.6. The Morgan fingerprint density at radius 1 is 1.35 bits per heavy atom. The Labute approximate surface area is 127 Å². The van der Waals surface area contributed by atoms with Gasteiger partial charge < -0.3 is 9.84 Å². The molecule has 0 aliphatic heterocycles. The molecule has 5 heteroatoms. The quantitative estimate of drug-likeness (QED) is 0.911. The van der Waals surface area contributed by atoms with E-state index in [0.29, 0.717) is 13.2 Å². The van der Waals surface area contributed by atoms with E-state index < -0.39 is 6.10 Å². The molecule has 0 bridgehead atoms. The normalized spacial score (nSPS) is 12.7. The first kappa shape index (κ1) is 15.2. The van der Waals surface area contributed by atoms with E-state index in [2.05, 4.69) is 28.0 Å². The lowest BCUT2D eigenvalue weighted by atomic mass is 10.0. The summed E-state index contributed by atoms with van der Waals surface area (Å²) in [6.45, 7) is 5.27. The third-order valence-corrected chi connectivity index (χ3v) is 4.06. The number of rotatable bonds is 5. The van der Waals surface area contributed by atoms with Gasteiger partial charge in [-0.3, -0.25) is 4.68 Å². The molecule has 0 spiro atoms. The molecule has 0 aliphatic carbocycles. The zero-order valence-corrected chi connectivity index (χ0v) is 13.5. The van der Waals surface area contributed by atoms with Gasteiger partial charge in [-0.05, 0) is 46.5 Å². The van der Waals surface area contributed by atoms with E-state index in [4.69, 9.17) is 4.74 Å². The number of aliphatic hydroxyl groups excluding tert-OH is 1. The smallest absolute Gasteiger partial charge is 0.122 e. The lowest BCUT2D eigenvalue weighted by molar-refractivity contribution is 0.171. The molecule has 1 atom stereocenters. The molecular formula is C15H19BrN2O2. The van der Waals surface area contributed by atoms with Crippen molar-refractivity contribution in [3.05, 3.63) is 51.3 Å². The average molecular weight is 339 g/mol. The summed E-state index contributed by atoms with van der Waals surface area (Å²) in [6.07, 6.45) is 0.998. The van der Waals surface area contributed by atoms with Gasteiger partial charge in [0.2, 0.25) is 0 Å². The van der Waals surface area contributed by atoms with Crippen molar-refractivity contribution >= 4 is 15.9 Å². The molecule has 1 aromatic carbocycles. The number of aryl methyl sites for hydroxylation is 2. The largest absolute Gasteiger partial charge is 0.383 e. The fourth-order valence-electron chi connectivity index (χ4n) is 2.09. The second-order valence-corrected chi connectivity index (χ2v) is 5.69. The van der Waals surface area contributed by atoms with E-state index in [9.17, 15) is 5.11 Å². The van der Waals surface area contributed by atoms with Crippen LogP contribution in [0.25, 0.3) is 0 Å². The first-order chi connectivity index (χ1) is 9.54.